The monoisotopic (exact) mass is 261 g/mol. The highest BCUT2D eigenvalue weighted by atomic mass is 32.1. The van der Waals surface area contributed by atoms with Gasteiger partial charge < -0.3 is 4.90 Å². The van der Waals surface area contributed by atoms with Crippen LogP contribution in [-0.4, -0.2) is 18.0 Å². The predicted octanol–water partition coefficient (Wildman–Crippen LogP) is 3.75. The lowest BCUT2D eigenvalue weighted by molar-refractivity contribution is 0.367. The molecule has 0 rings (SSSR count). The zero-order valence-electron chi connectivity index (χ0n) is 9.65. The zero-order valence-corrected chi connectivity index (χ0v) is 12.3. The summed E-state index contributed by atoms with van der Waals surface area (Å²) in [6.45, 7) is 9.91. The van der Waals surface area contributed by atoms with E-state index in [-0.39, 0.29) is 0 Å². The highest BCUT2D eigenvalue weighted by Crippen LogP contribution is 2.23. The van der Waals surface area contributed by atoms with Crippen LogP contribution in [0.3, 0.4) is 0 Å². The number of hydrogen-bond donors (Lipinski definition) is 3. The molecule has 0 saturated heterocycles. The van der Waals surface area contributed by atoms with Crippen LogP contribution in [0, 0.1) is 0 Å². The summed E-state index contributed by atoms with van der Waals surface area (Å²) in [5.41, 5.74) is 0.915. The molecule has 0 aromatic carbocycles. The Kier molecular flexibility index (Phi) is 6.64. The quantitative estimate of drug-likeness (QED) is 0.513. The Balaban J connectivity index is 4.95. The van der Waals surface area contributed by atoms with Crippen LogP contribution in [-0.2, 0) is 0 Å². The summed E-state index contributed by atoms with van der Waals surface area (Å²) in [5.74, 6) is 0. The van der Waals surface area contributed by atoms with Gasteiger partial charge in [-0.05, 0) is 32.4 Å². The molecule has 0 fully saturated rings. The van der Waals surface area contributed by atoms with Crippen molar-refractivity contribution in [3.63, 3.8) is 0 Å². The predicted molar refractivity (Wildman–Crippen MR) is 79.8 cm³/mol. The van der Waals surface area contributed by atoms with Crippen molar-refractivity contribution < 1.29 is 0 Å². The average Bonchev–Trinajstić information content (AvgIpc) is 2.14. The SMILES string of the molecule is C=C(C)/C(S)=C\C(S)=C(/S)N(C)C(C)C. The van der Waals surface area contributed by atoms with Crippen molar-refractivity contribution >= 4 is 37.9 Å². The second kappa shape index (κ2) is 6.61. The lowest BCUT2D eigenvalue weighted by Crippen LogP contribution is -2.23. The second-order valence-electron chi connectivity index (χ2n) is 3.72. The smallest absolute Gasteiger partial charge is 0.0812 e. The molecule has 0 unspecified atom stereocenters. The summed E-state index contributed by atoms with van der Waals surface area (Å²) in [6.07, 6.45) is 1.86. The third-order valence-corrected chi connectivity index (χ3v) is 3.63. The minimum atomic E-state index is 0.390. The topological polar surface area (TPSA) is 3.24 Å². The third kappa shape index (κ3) is 5.09. The van der Waals surface area contributed by atoms with E-state index >= 15 is 0 Å². The van der Waals surface area contributed by atoms with Gasteiger partial charge in [-0.3, -0.25) is 0 Å². The zero-order chi connectivity index (χ0) is 12.2. The van der Waals surface area contributed by atoms with Crippen LogP contribution < -0.4 is 0 Å². The van der Waals surface area contributed by atoms with Gasteiger partial charge in [0.05, 0.1) is 5.03 Å². The van der Waals surface area contributed by atoms with Gasteiger partial charge in [0.2, 0.25) is 0 Å². The first-order chi connectivity index (χ1) is 6.77. The van der Waals surface area contributed by atoms with Crippen LogP contribution in [0.5, 0.6) is 0 Å². The summed E-state index contributed by atoms with van der Waals surface area (Å²) in [4.78, 5) is 3.66. The fourth-order valence-electron chi connectivity index (χ4n) is 0.743. The Hall–Kier alpha value is 0.0700. The molecule has 0 bridgehead atoms. The first kappa shape index (κ1) is 15.1. The molecule has 0 N–H and O–H groups in total. The summed E-state index contributed by atoms with van der Waals surface area (Å²) < 4.78 is 0. The number of allylic oxidation sites excluding steroid dienone is 2. The molecule has 1 nitrogen and oxygen atoms in total. The summed E-state index contributed by atoms with van der Waals surface area (Å²) >= 11 is 13.1. The third-order valence-electron chi connectivity index (χ3n) is 2.05. The van der Waals surface area contributed by atoms with Crippen molar-refractivity contribution in [1.29, 1.82) is 0 Å². The van der Waals surface area contributed by atoms with E-state index in [0.29, 0.717) is 6.04 Å². The molecule has 86 valence electrons. The van der Waals surface area contributed by atoms with Gasteiger partial charge >= 0.3 is 0 Å². The maximum Gasteiger partial charge on any atom is 0.0812 e. The normalized spacial score (nSPS) is 14.0. The van der Waals surface area contributed by atoms with E-state index in [0.717, 1.165) is 20.4 Å². The number of nitrogens with zero attached hydrogens (tertiary/aromatic N) is 1. The average molecular weight is 261 g/mol. The van der Waals surface area contributed by atoms with Crippen LogP contribution in [0.25, 0.3) is 0 Å². The van der Waals surface area contributed by atoms with Crippen LogP contribution in [0.2, 0.25) is 0 Å². The van der Waals surface area contributed by atoms with E-state index in [2.05, 4.69) is 58.3 Å². The molecule has 0 saturated carbocycles. The molecule has 4 heteroatoms. The summed E-state index contributed by atoms with van der Waals surface area (Å²) in [5, 5.41) is 0.834. The molecule has 0 aliphatic carbocycles. The molecule has 0 radical (unpaired) electrons. The molecular weight excluding hydrogens is 242 g/mol. The number of hydrogen-bond acceptors (Lipinski definition) is 4. The van der Waals surface area contributed by atoms with Gasteiger partial charge in [-0.15, -0.1) is 37.9 Å². The Bertz CT molecular complexity index is 303. The molecular formula is C11H19NS3. The van der Waals surface area contributed by atoms with Crippen LogP contribution in [0.15, 0.2) is 33.1 Å². The Morgan fingerprint density at radius 3 is 2.07 bits per heavy atom. The Morgan fingerprint density at radius 1 is 1.27 bits per heavy atom. The van der Waals surface area contributed by atoms with E-state index in [4.69, 9.17) is 0 Å². The van der Waals surface area contributed by atoms with E-state index < -0.39 is 0 Å². The fraction of sp³-hybridized carbons (Fsp3) is 0.455. The molecule has 0 aliphatic heterocycles. The Morgan fingerprint density at radius 2 is 1.73 bits per heavy atom. The fourth-order valence-corrected chi connectivity index (χ4v) is 1.56. The molecule has 0 atom stereocenters. The van der Waals surface area contributed by atoms with Gasteiger partial charge in [0.1, 0.15) is 0 Å². The maximum absolute atomic E-state index is 4.42. The first-order valence-corrected chi connectivity index (χ1v) is 6.03. The van der Waals surface area contributed by atoms with E-state index in [1.165, 1.54) is 0 Å². The van der Waals surface area contributed by atoms with Crippen molar-refractivity contribution in [2.45, 2.75) is 26.8 Å². The molecule has 15 heavy (non-hydrogen) atoms. The highest BCUT2D eigenvalue weighted by Gasteiger charge is 2.07. The van der Waals surface area contributed by atoms with Crippen molar-refractivity contribution in [1.82, 2.24) is 4.90 Å². The molecule has 0 aromatic rings. The molecule has 0 amide bonds. The van der Waals surface area contributed by atoms with Crippen molar-refractivity contribution in [2.24, 2.45) is 0 Å². The largest absolute Gasteiger partial charge is 0.366 e. The highest BCUT2D eigenvalue weighted by molar-refractivity contribution is 7.88. The van der Waals surface area contributed by atoms with Gasteiger partial charge in [0.15, 0.2) is 0 Å². The lowest BCUT2D eigenvalue weighted by Gasteiger charge is -2.24. The standard InChI is InChI=1S/C11H19NS3/c1-7(2)9(13)6-10(14)11(15)12(5)8(3)4/h6,8,13-15H,1H2,2-5H3/b9-6+,11-10+. The van der Waals surface area contributed by atoms with Crippen LogP contribution in [0.4, 0.5) is 0 Å². The Labute approximate surface area is 110 Å². The molecule has 0 aromatic heterocycles. The van der Waals surface area contributed by atoms with Gasteiger partial charge in [-0.1, -0.05) is 6.58 Å². The van der Waals surface area contributed by atoms with E-state index in [1.54, 1.807) is 0 Å². The maximum atomic E-state index is 4.42. The summed E-state index contributed by atoms with van der Waals surface area (Å²) in [6, 6.07) is 0.390. The van der Waals surface area contributed by atoms with E-state index in [9.17, 15) is 0 Å². The second-order valence-corrected chi connectivity index (χ2v) is 5.11. The van der Waals surface area contributed by atoms with Gasteiger partial charge in [-0.2, -0.15) is 0 Å². The molecule has 0 heterocycles. The van der Waals surface area contributed by atoms with Crippen molar-refractivity contribution in [2.75, 3.05) is 7.05 Å². The minimum absolute atomic E-state index is 0.390. The first-order valence-electron chi connectivity index (χ1n) is 4.69. The van der Waals surface area contributed by atoms with Crippen LogP contribution >= 0.6 is 37.9 Å². The molecule has 0 spiro atoms. The van der Waals surface area contributed by atoms with Crippen molar-refractivity contribution in [3.8, 4) is 0 Å². The minimum Gasteiger partial charge on any atom is -0.366 e. The molecule has 0 aliphatic rings. The van der Waals surface area contributed by atoms with Gasteiger partial charge in [-0.25, -0.2) is 0 Å². The summed E-state index contributed by atoms with van der Waals surface area (Å²) in [7, 11) is 1.98. The number of rotatable bonds is 4. The van der Waals surface area contributed by atoms with Gasteiger partial charge in [0.25, 0.3) is 0 Å². The van der Waals surface area contributed by atoms with Gasteiger partial charge in [0, 0.05) is 22.9 Å². The van der Waals surface area contributed by atoms with Crippen LogP contribution in [0.1, 0.15) is 20.8 Å². The van der Waals surface area contributed by atoms with Crippen molar-refractivity contribution in [3.05, 3.63) is 33.1 Å². The number of thiol groups is 3. The lowest BCUT2D eigenvalue weighted by atomic mass is 10.3. The van der Waals surface area contributed by atoms with E-state index in [1.807, 2.05) is 24.9 Å².